The molecule has 0 spiro atoms. The van der Waals surface area contributed by atoms with Gasteiger partial charge in [-0.15, -0.1) is 0 Å². The minimum Gasteiger partial charge on any atom is -0.458 e. The normalized spacial score (nSPS) is 13.9. The molecule has 4 heteroatoms. The topological polar surface area (TPSA) is 50.2 Å². The monoisotopic (exact) mass is 275 g/mol. The van der Waals surface area contributed by atoms with Gasteiger partial charge in [-0.3, -0.25) is 0 Å². The lowest BCUT2D eigenvalue weighted by atomic mass is 9.97. The molecular formula is C15H17NO2S. The Labute approximate surface area is 118 Å². The molecule has 0 bridgehead atoms. The first-order valence-corrected chi connectivity index (χ1v) is 6.90. The zero-order valence-electron chi connectivity index (χ0n) is 10.7. The number of benzene rings is 1. The number of carbonyl (C=O) groups excluding carboxylic acids is 1. The van der Waals surface area contributed by atoms with Crippen LogP contribution in [0.5, 0.6) is 0 Å². The summed E-state index contributed by atoms with van der Waals surface area (Å²) in [5.74, 6) is 0.490. The summed E-state index contributed by atoms with van der Waals surface area (Å²) >= 11 is 4.34. The van der Waals surface area contributed by atoms with Crippen molar-refractivity contribution in [3.05, 3.63) is 47.5 Å². The molecule has 19 heavy (non-hydrogen) atoms. The molecule has 0 radical (unpaired) electrons. The van der Waals surface area contributed by atoms with Gasteiger partial charge in [0, 0.05) is 23.5 Å². The van der Waals surface area contributed by atoms with E-state index >= 15 is 0 Å². The summed E-state index contributed by atoms with van der Waals surface area (Å²) < 4.78 is 5.07. The van der Waals surface area contributed by atoms with E-state index in [0.717, 1.165) is 35.6 Å². The molecule has 1 aliphatic rings. The summed E-state index contributed by atoms with van der Waals surface area (Å²) in [6.07, 6.45) is 3.34. The van der Waals surface area contributed by atoms with Crippen molar-refractivity contribution in [3.63, 3.8) is 0 Å². The van der Waals surface area contributed by atoms with Crippen molar-refractivity contribution in [2.75, 3.05) is 0 Å². The predicted molar refractivity (Wildman–Crippen MR) is 78.7 cm³/mol. The molecule has 1 aliphatic carbocycles. The van der Waals surface area contributed by atoms with Crippen LogP contribution >= 0.6 is 12.6 Å². The second-order valence-corrected chi connectivity index (χ2v) is 4.92. The van der Waals surface area contributed by atoms with E-state index in [4.69, 9.17) is 10.1 Å². The molecule has 0 aromatic heterocycles. The molecule has 1 saturated carbocycles. The lowest BCUT2D eigenvalue weighted by Gasteiger charge is -2.13. The third-order valence-electron chi connectivity index (χ3n) is 3.24. The van der Waals surface area contributed by atoms with Crippen LogP contribution in [0.2, 0.25) is 0 Å². The molecule has 0 amide bonds. The quantitative estimate of drug-likeness (QED) is 0.363. The molecule has 2 rings (SSSR count). The largest absolute Gasteiger partial charge is 0.458 e. The lowest BCUT2D eigenvalue weighted by molar-refractivity contribution is -0.138. The molecule has 1 aromatic rings. The van der Waals surface area contributed by atoms with Crippen LogP contribution in [0.1, 0.15) is 29.5 Å². The smallest absolute Gasteiger partial charge is 0.330 e. The molecule has 1 N–H and O–H groups in total. The van der Waals surface area contributed by atoms with Gasteiger partial charge in [0.2, 0.25) is 0 Å². The molecular weight excluding hydrogens is 258 g/mol. The van der Waals surface area contributed by atoms with Crippen molar-refractivity contribution in [2.45, 2.75) is 25.2 Å². The minimum atomic E-state index is -0.437. The van der Waals surface area contributed by atoms with E-state index in [1.165, 1.54) is 0 Å². The number of ether oxygens (including phenoxy) is 1. The molecule has 100 valence electrons. The number of esters is 1. The number of hydrogen-bond donors (Lipinski definition) is 2. The first-order valence-electron chi connectivity index (χ1n) is 6.27. The van der Waals surface area contributed by atoms with Crippen LogP contribution in [0.25, 0.3) is 0 Å². The van der Waals surface area contributed by atoms with Gasteiger partial charge in [0.15, 0.2) is 0 Å². The highest BCUT2D eigenvalue weighted by atomic mass is 32.1. The number of hydrogen-bond acceptors (Lipinski definition) is 4. The molecule has 0 atom stereocenters. The highest BCUT2D eigenvalue weighted by Gasteiger charge is 2.28. The summed E-state index contributed by atoms with van der Waals surface area (Å²) in [5.41, 5.74) is 3.51. The maximum Gasteiger partial charge on any atom is 0.330 e. The number of thiol groups is 1. The fourth-order valence-electron chi connectivity index (χ4n) is 2.01. The second kappa shape index (κ2) is 6.06. The van der Waals surface area contributed by atoms with E-state index in [1.54, 1.807) is 0 Å². The molecule has 3 nitrogen and oxygen atoms in total. The van der Waals surface area contributed by atoms with Gasteiger partial charge in [-0.1, -0.05) is 24.8 Å². The van der Waals surface area contributed by atoms with Crippen LogP contribution in [-0.4, -0.2) is 11.7 Å². The first-order chi connectivity index (χ1) is 9.17. The molecule has 1 aromatic carbocycles. The molecule has 0 heterocycles. The van der Waals surface area contributed by atoms with E-state index in [0.29, 0.717) is 17.4 Å². The maximum atomic E-state index is 11.1. The van der Waals surface area contributed by atoms with Crippen molar-refractivity contribution in [3.8, 4) is 0 Å². The second-order valence-electron chi connectivity index (χ2n) is 4.60. The maximum absolute atomic E-state index is 11.1. The van der Waals surface area contributed by atoms with Crippen molar-refractivity contribution in [2.24, 2.45) is 5.92 Å². The molecule has 0 aliphatic heterocycles. The summed E-state index contributed by atoms with van der Waals surface area (Å²) in [5, 5.41) is 8.18. The molecule has 0 unspecified atom stereocenters. The standard InChI is InChI=1S/C15H17NO2S/c1-2-14(17)18-8-11-4-3-5-12(13(11)9-19)15(16)10-6-7-10/h2-5,10,16,19H,1,6-9H2. The Balaban J connectivity index is 2.22. The Morgan fingerprint density at radius 3 is 2.84 bits per heavy atom. The van der Waals surface area contributed by atoms with Gasteiger partial charge in [0.25, 0.3) is 0 Å². The third kappa shape index (κ3) is 3.26. The summed E-state index contributed by atoms with van der Waals surface area (Å²) in [6.45, 7) is 3.57. The average Bonchev–Trinajstić information content (AvgIpc) is 3.27. The van der Waals surface area contributed by atoms with Gasteiger partial charge in [-0.25, -0.2) is 4.79 Å². The van der Waals surface area contributed by atoms with Crippen molar-refractivity contribution in [1.82, 2.24) is 0 Å². The Hall–Kier alpha value is -1.55. The van der Waals surface area contributed by atoms with Crippen LogP contribution in [0.15, 0.2) is 30.9 Å². The van der Waals surface area contributed by atoms with E-state index < -0.39 is 5.97 Å². The van der Waals surface area contributed by atoms with E-state index in [-0.39, 0.29) is 6.61 Å². The van der Waals surface area contributed by atoms with Gasteiger partial charge in [-0.05, 0) is 29.5 Å². The first kappa shape index (κ1) is 13.9. The highest BCUT2D eigenvalue weighted by Crippen LogP contribution is 2.34. The predicted octanol–water partition coefficient (Wildman–Crippen LogP) is 3.12. The fraction of sp³-hybridized carbons (Fsp3) is 0.333. The van der Waals surface area contributed by atoms with E-state index in [9.17, 15) is 4.79 Å². The third-order valence-corrected chi connectivity index (χ3v) is 3.56. The number of carbonyl (C=O) groups is 1. The van der Waals surface area contributed by atoms with Crippen molar-refractivity contribution >= 4 is 24.3 Å². The van der Waals surface area contributed by atoms with Crippen LogP contribution in [0.3, 0.4) is 0 Å². The summed E-state index contributed by atoms with van der Waals surface area (Å²) in [6, 6.07) is 5.76. The molecule has 1 fully saturated rings. The fourth-order valence-corrected chi connectivity index (χ4v) is 2.38. The minimum absolute atomic E-state index is 0.201. The molecule has 0 saturated heterocycles. The van der Waals surface area contributed by atoms with E-state index in [1.807, 2.05) is 18.2 Å². The van der Waals surface area contributed by atoms with E-state index in [2.05, 4.69) is 19.2 Å². The van der Waals surface area contributed by atoms with Crippen molar-refractivity contribution < 1.29 is 9.53 Å². The highest BCUT2D eigenvalue weighted by molar-refractivity contribution is 7.79. The van der Waals surface area contributed by atoms with Gasteiger partial charge in [0.05, 0.1) is 0 Å². The van der Waals surface area contributed by atoms with Crippen LogP contribution in [0.4, 0.5) is 0 Å². The Morgan fingerprint density at radius 2 is 2.26 bits per heavy atom. The SMILES string of the molecule is C=CC(=O)OCc1cccc(C(=N)C2CC2)c1CS. The van der Waals surface area contributed by atoms with Gasteiger partial charge in [-0.2, -0.15) is 12.6 Å². The summed E-state index contributed by atoms with van der Waals surface area (Å²) in [4.78, 5) is 11.1. The zero-order chi connectivity index (χ0) is 13.8. The Morgan fingerprint density at radius 1 is 1.53 bits per heavy atom. The van der Waals surface area contributed by atoms with Crippen LogP contribution in [0, 0.1) is 11.3 Å². The summed E-state index contributed by atoms with van der Waals surface area (Å²) in [7, 11) is 0. The van der Waals surface area contributed by atoms with Crippen molar-refractivity contribution in [1.29, 1.82) is 5.41 Å². The lowest BCUT2D eigenvalue weighted by Crippen LogP contribution is -2.09. The van der Waals surface area contributed by atoms with Crippen LogP contribution < -0.4 is 0 Å². The number of rotatable bonds is 6. The van der Waals surface area contributed by atoms with Gasteiger partial charge >= 0.3 is 5.97 Å². The number of nitrogens with one attached hydrogen (secondary N) is 1. The average molecular weight is 275 g/mol. The van der Waals surface area contributed by atoms with Crippen LogP contribution in [-0.2, 0) is 21.9 Å². The van der Waals surface area contributed by atoms with Gasteiger partial charge in [0.1, 0.15) is 6.61 Å². The Kier molecular flexibility index (Phi) is 4.43. The van der Waals surface area contributed by atoms with Gasteiger partial charge < -0.3 is 10.1 Å². The zero-order valence-corrected chi connectivity index (χ0v) is 11.6. The Bertz CT molecular complexity index is 521.